The van der Waals surface area contributed by atoms with Crippen LogP contribution in [0.5, 0.6) is 0 Å². The molecular weight excluding hydrogens is 488 g/mol. The van der Waals surface area contributed by atoms with Gasteiger partial charge in [-0.3, -0.25) is 0 Å². The molecule has 0 saturated carbocycles. The molecule has 0 atom stereocenters. The average Bonchev–Trinajstić information content (AvgIpc) is 3.30. The molecule has 4 aromatic rings. The Morgan fingerprint density at radius 1 is 0.892 bits per heavy atom. The van der Waals surface area contributed by atoms with Crippen LogP contribution in [0.3, 0.4) is 0 Å². The fourth-order valence-electron chi connectivity index (χ4n) is 5.45. The van der Waals surface area contributed by atoms with Crippen LogP contribution in [0.1, 0.15) is 48.8 Å². The fraction of sp³-hybridized carbons (Fsp3) is 0.367. The summed E-state index contributed by atoms with van der Waals surface area (Å²) in [6.45, 7) is 3.20. The van der Waals surface area contributed by atoms with Crippen molar-refractivity contribution in [2.24, 2.45) is 0 Å². The van der Waals surface area contributed by atoms with Crippen molar-refractivity contribution in [3.8, 4) is 0 Å². The highest BCUT2D eigenvalue weighted by atomic mass is 32.2. The van der Waals surface area contributed by atoms with Gasteiger partial charge in [0.1, 0.15) is 11.6 Å². The van der Waals surface area contributed by atoms with Crippen molar-refractivity contribution >= 4 is 22.8 Å². The Kier molecular flexibility index (Phi) is 8.54. The molecule has 3 aromatic carbocycles. The van der Waals surface area contributed by atoms with Gasteiger partial charge >= 0.3 is 0 Å². The third-order valence-electron chi connectivity index (χ3n) is 7.32. The highest BCUT2D eigenvalue weighted by Crippen LogP contribution is 2.34. The predicted octanol–water partition coefficient (Wildman–Crippen LogP) is 6.65. The number of aliphatic hydroxyl groups excluding tert-OH is 1. The molecule has 37 heavy (non-hydrogen) atoms. The highest BCUT2D eigenvalue weighted by Gasteiger charge is 2.25. The number of halogens is 2. The Hall–Kier alpha value is -2.74. The van der Waals surface area contributed by atoms with Crippen molar-refractivity contribution in [1.82, 2.24) is 14.5 Å². The van der Waals surface area contributed by atoms with Crippen molar-refractivity contribution < 1.29 is 13.9 Å². The van der Waals surface area contributed by atoms with Gasteiger partial charge in [-0.2, -0.15) is 0 Å². The lowest BCUT2D eigenvalue weighted by atomic mass is 9.87. The Bertz CT molecular complexity index is 1240. The molecule has 0 aliphatic carbocycles. The van der Waals surface area contributed by atoms with E-state index < -0.39 is 0 Å². The van der Waals surface area contributed by atoms with E-state index in [0.717, 1.165) is 67.1 Å². The molecule has 4 nitrogen and oxygen atoms in total. The normalized spacial score (nSPS) is 15.1. The third kappa shape index (κ3) is 6.22. The second kappa shape index (κ2) is 12.2. The summed E-state index contributed by atoms with van der Waals surface area (Å²) in [6.07, 6.45) is 4.06. The number of likely N-dealkylation sites (tertiary alicyclic amines) is 1. The molecule has 1 aromatic heterocycles. The van der Waals surface area contributed by atoms with E-state index in [9.17, 15) is 13.9 Å². The highest BCUT2D eigenvalue weighted by molar-refractivity contribution is 7.99. The number of fused-ring (bicyclic) bond motifs is 1. The number of imidazole rings is 1. The lowest BCUT2D eigenvalue weighted by Crippen LogP contribution is -2.35. The van der Waals surface area contributed by atoms with Crippen molar-refractivity contribution in [3.05, 3.63) is 95.6 Å². The van der Waals surface area contributed by atoms with E-state index >= 15 is 0 Å². The first kappa shape index (κ1) is 25.9. The molecule has 5 rings (SSSR count). The minimum atomic E-state index is -0.243. The maximum absolute atomic E-state index is 13.5. The largest absolute Gasteiger partial charge is 0.396 e. The number of nitrogens with zero attached hydrogens (tertiary/aromatic N) is 3. The van der Waals surface area contributed by atoms with Gasteiger partial charge in [0.15, 0.2) is 5.16 Å². The summed E-state index contributed by atoms with van der Waals surface area (Å²) in [4.78, 5) is 7.37. The van der Waals surface area contributed by atoms with Gasteiger partial charge in [0, 0.05) is 30.8 Å². The van der Waals surface area contributed by atoms with Gasteiger partial charge < -0.3 is 14.6 Å². The molecule has 0 spiro atoms. The number of aromatic nitrogens is 2. The van der Waals surface area contributed by atoms with Crippen LogP contribution in [0.2, 0.25) is 0 Å². The van der Waals surface area contributed by atoms with Crippen LogP contribution in [0, 0.1) is 11.6 Å². The first-order valence-electron chi connectivity index (χ1n) is 13.1. The lowest BCUT2D eigenvalue weighted by molar-refractivity contribution is 0.181. The number of aliphatic hydroxyl groups is 1. The van der Waals surface area contributed by atoms with Crippen LogP contribution < -0.4 is 0 Å². The number of rotatable bonds is 10. The summed E-state index contributed by atoms with van der Waals surface area (Å²) in [7, 11) is 0. The van der Waals surface area contributed by atoms with E-state index in [1.54, 1.807) is 11.8 Å². The molecule has 0 unspecified atom stereocenters. The summed E-state index contributed by atoms with van der Waals surface area (Å²) in [5.41, 5.74) is 4.30. The SMILES string of the molecule is OCCSc1nc2ccccc2n1C1CCN(CCCC(c2ccc(F)cc2)c2ccc(F)cc2)CC1. The maximum Gasteiger partial charge on any atom is 0.169 e. The minimum absolute atomic E-state index is 0.113. The van der Waals surface area contributed by atoms with E-state index in [0.29, 0.717) is 11.8 Å². The van der Waals surface area contributed by atoms with E-state index in [1.165, 1.54) is 29.8 Å². The van der Waals surface area contributed by atoms with Crippen LogP contribution in [0.25, 0.3) is 11.0 Å². The average molecular weight is 522 g/mol. The van der Waals surface area contributed by atoms with Gasteiger partial charge in [0.25, 0.3) is 0 Å². The molecule has 0 radical (unpaired) electrons. The molecule has 2 heterocycles. The van der Waals surface area contributed by atoms with E-state index in [-0.39, 0.29) is 24.2 Å². The van der Waals surface area contributed by atoms with Crippen molar-refractivity contribution in [1.29, 1.82) is 0 Å². The van der Waals surface area contributed by atoms with Gasteiger partial charge in [0.05, 0.1) is 17.6 Å². The van der Waals surface area contributed by atoms with Gasteiger partial charge in [0.2, 0.25) is 0 Å². The van der Waals surface area contributed by atoms with Crippen LogP contribution in [0.4, 0.5) is 8.78 Å². The zero-order valence-electron chi connectivity index (χ0n) is 20.9. The van der Waals surface area contributed by atoms with Crippen LogP contribution in [-0.4, -0.2) is 51.6 Å². The van der Waals surface area contributed by atoms with Gasteiger partial charge in [-0.1, -0.05) is 48.2 Å². The Labute approximate surface area is 221 Å². The first-order chi connectivity index (χ1) is 18.1. The molecule has 1 fully saturated rings. The van der Waals surface area contributed by atoms with Crippen LogP contribution >= 0.6 is 11.8 Å². The number of hydrogen-bond acceptors (Lipinski definition) is 4. The van der Waals surface area contributed by atoms with E-state index in [4.69, 9.17) is 4.98 Å². The Morgan fingerprint density at radius 2 is 1.51 bits per heavy atom. The molecule has 1 aliphatic heterocycles. The van der Waals surface area contributed by atoms with Crippen molar-refractivity contribution in [3.63, 3.8) is 0 Å². The molecule has 1 aliphatic rings. The Morgan fingerprint density at radius 3 is 2.14 bits per heavy atom. The summed E-state index contributed by atoms with van der Waals surface area (Å²) >= 11 is 1.62. The lowest BCUT2D eigenvalue weighted by Gasteiger charge is -2.33. The second-order valence-electron chi connectivity index (χ2n) is 9.70. The number of benzene rings is 3. The van der Waals surface area contributed by atoms with E-state index in [1.807, 2.05) is 30.3 Å². The zero-order chi connectivity index (χ0) is 25.6. The smallest absolute Gasteiger partial charge is 0.169 e. The van der Waals surface area contributed by atoms with Gasteiger partial charge in [-0.15, -0.1) is 0 Å². The van der Waals surface area contributed by atoms with Gasteiger partial charge in [-0.25, -0.2) is 13.8 Å². The maximum atomic E-state index is 13.5. The number of thioether (sulfide) groups is 1. The topological polar surface area (TPSA) is 41.3 Å². The molecule has 1 saturated heterocycles. The standard InChI is InChI=1S/C30H33F2N3OS/c31-24-11-7-22(8-12-24)27(23-9-13-25(32)14-10-23)4-3-17-34-18-15-26(16-19-34)35-29-6-2-1-5-28(29)33-30(35)37-21-20-36/h1-2,5-14,26-27,36H,3-4,15-21H2. The predicted molar refractivity (Wildman–Crippen MR) is 146 cm³/mol. The Balaban J connectivity index is 1.21. The second-order valence-corrected chi connectivity index (χ2v) is 10.8. The summed E-state index contributed by atoms with van der Waals surface area (Å²) < 4.78 is 29.4. The summed E-state index contributed by atoms with van der Waals surface area (Å²) in [5.74, 6) is 0.272. The monoisotopic (exact) mass is 521 g/mol. The molecular formula is C30H33F2N3OS. The van der Waals surface area contributed by atoms with E-state index in [2.05, 4.69) is 27.7 Å². The molecule has 1 N–H and O–H groups in total. The van der Waals surface area contributed by atoms with Crippen LogP contribution in [-0.2, 0) is 0 Å². The van der Waals surface area contributed by atoms with Crippen molar-refractivity contribution in [2.75, 3.05) is 32.0 Å². The molecule has 7 heteroatoms. The minimum Gasteiger partial charge on any atom is -0.396 e. The summed E-state index contributed by atoms with van der Waals surface area (Å²) in [6, 6.07) is 22.1. The quantitative estimate of drug-likeness (QED) is 0.237. The molecule has 0 amide bonds. The third-order valence-corrected chi connectivity index (χ3v) is 8.25. The molecule has 0 bridgehead atoms. The summed E-state index contributed by atoms with van der Waals surface area (Å²) in [5, 5.41) is 10.3. The van der Waals surface area contributed by atoms with Gasteiger partial charge in [-0.05, 0) is 79.8 Å². The molecule has 194 valence electrons. The fourth-order valence-corrected chi connectivity index (χ4v) is 6.27. The number of para-hydroxylation sites is 2. The number of hydrogen-bond donors (Lipinski definition) is 1. The van der Waals surface area contributed by atoms with Crippen LogP contribution in [0.15, 0.2) is 78.0 Å². The first-order valence-corrected chi connectivity index (χ1v) is 14.0. The zero-order valence-corrected chi connectivity index (χ0v) is 21.7. The number of piperidine rings is 1. The van der Waals surface area contributed by atoms with Crippen molar-refractivity contribution in [2.45, 2.75) is 42.8 Å².